The van der Waals surface area contributed by atoms with Gasteiger partial charge in [0.15, 0.2) is 0 Å². The van der Waals surface area contributed by atoms with Crippen LogP contribution in [0.4, 0.5) is 0 Å². The molecule has 1 heteroatoms. The van der Waals surface area contributed by atoms with Gasteiger partial charge < -0.3 is 0 Å². The van der Waals surface area contributed by atoms with Crippen LogP contribution in [0, 0.1) is 0 Å². The van der Waals surface area contributed by atoms with E-state index in [1.54, 1.807) is 0 Å². The molecular formula is C14H16O. The number of ketones is 1. The molecule has 1 aliphatic carbocycles. The lowest BCUT2D eigenvalue weighted by Gasteiger charge is -2.13. The highest BCUT2D eigenvalue weighted by molar-refractivity contribution is 5.86. The Labute approximate surface area is 90.8 Å². The maximum Gasteiger partial charge on any atom is 0.137 e. The van der Waals surface area contributed by atoms with Gasteiger partial charge in [-0.15, -0.1) is 0 Å². The van der Waals surface area contributed by atoms with Gasteiger partial charge in [-0.3, -0.25) is 4.79 Å². The lowest BCUT2D eigenvalue weighted by Crippen LogP contribution is -2.03. The highest BCUT2D eigenvalue weighted by atomic mass is 16.1. The summed E-state index contributed by atoms with van der Waals surface area (Å²) < 4.78 is 0. The van der Waals surface area contributed by atoms with E-state index >= 15 is 0 Å². The molecule has 1 aromatic rings. The molecule has 1 nitrogen and oxygen atoms in total. The molecule has 0 fully saturated rings. The van der Waals surface area contributed by atoms with Crippen molar-refractivity contribution in [1.82, 2.24) is 0 Å². The van der Waals surface area contributed by atoms with Crippen LogP contribution in [0.3, 0.4) is 0 Å². The van der Waals surface area contributed by atoms with Crippen LogP contribution in [0.2, 0.25) is 0 Å². The maximum absolute atomic E-state index is 11.1. The van der Waals surface area contributed by atoms with Gasteiger partial charge in [0.1, 0.15) is 5.78 Å². The van der Waals surface area contributed by atoms with Crippen LogP contribution in [0.15, 0.2) is 30.3 Å². The minimum Gasteiger partial charge on any atom is -0.299 e. The summed E-state index contributed by atoms with van der Waals surface area (Å²) in [5, 5.41) is 0. The first kappa shape index (κ1) is 10.2. The third kappa shape index (κ3) is 2.35. The fraction of sp³-hybridized carbons (Fsp3) is 0.357. The molecule has 0 atom stereocenters. The van der Waals surface area contributed by atoms with E-state index in [4.69, 9.17) is 0 Å². The second-order valence-corrected chi connectivity index (χ2v) is 4.03. The molecule has 0 amide bonds. The van der Waals surface area contributed by atoms with E-state index in [-0.39, 0.29) is 0 Å². The Morgan fingerprint density at radius 1 is 1.27 bits per heavy atom. The second kappa shape index (κ2) is 4.43. The molecule has 1 aliphatic rings. The lowest BCUT2D eigenvalue weighted by molar-refractivity contribution is -0.118. The van der Waals surface area contributed by atoms with E-state index in [9.17, 15) is 4.79 Å². The molecule has 78 valence electrons. The van der Waals surface area contributed by atoms with Crippen LogP contribution in [0.25, 0.3) is 5.57 Å². The quantitative estimate of drug-likeness (QED) is 0.715. The molecule has 0 aromatic heterocycles. The summed E-state index contributed by atoms with van der Waals surface area (Å²) in [6.45, 7) is 2.16. The number of rotatable bonds is 2. The van der Waals surface area contributed by atoms with Gasteiger partial charge in [-0.05, 0) is 29.5 Å². The summed E-state index contributed by atoms with van der Waals surface area (Å²) in [6, 6.07) is 8.63. The van der Waals surface area contributed by atoms with Crippen molar-refractivity contribution in [2.45, 2.75) is 32.6 Å². The first-order valence-electron chi connectivity index (χ1n) is 5.59. The zero-order valence-corrected chi connectivity index (χ0v) is 9.12. The minimum atomic E-state index is 0.366. The average Bonchev–Trinajstić information content (AvgIpc) is 2.30. The Kier molecular flexibility index (Phi) is 3.00. The molecule has 1 aromatic carbocycles. The van der Waals surface area contributed by atoms with Gasteiger partial charge in [-0.1, -0.05) is 37.3 Å². The van der Waals surface area contributed by atoms with E-state index in [0.29, 0.717) is 18.6 Å². The molecular weight excluding hydrogens is 184 g/mol. The Bertz CT molecular complexity index is 402. The van der Waals surface area contributed by atoms with Gasteiger partial charge in [-0.25, -0.2) is 0 Å². The van der Waals surface area contributed by atoms with E-state index in [0.717, 1.165) is 12.8 Å². The summed E-state index contributed by atoms with van der Waals surface area (Å²) in [4.78, 5) is 11.1. The number of Topliss-reactive ketones (excluding diaryl/α,β-unsaturated/α-hetero) is 1. The van der Waals surface area contributed by atoms with Crippen LogP contribution in [0.5, 0.6) is 0 Å². The Morgan fingerprint density at radius 2 is 2.13 bits per heavy atom. The largest absolute Gasteiger partial charge is 0.299 e. The predicted molar refractivity (Wildman–Crippen MR) is 62.7 cm³/mol. The molecule has 0 radical (unpaired) electrons. The number of benzene rings is 1. The average molecular weight is 200 g/mol. The van der Waals surface area contributed by atoms with Gasteiger partial charge in [0.2, 0.25) is 0 Å². The first-order valence-corrected chi connectivity index (χ1v) is 5.59. The number of aryl methyl sites for hydroxylation is 1. The minimum absolute atomic E-state index is 0.366. The summed E-state index contributed by atoms with van der Waals surface area (Å²) in [6.07, 6.45) is 5.39. The molecule has 0 unspecified atom stereocenters. The summed E-state index contributed by atoms with van der Waals surface area (Å²) in [7, 11) is 0. The van der Waals surface area contributed by atoms with Crippen molar-refractivity contribution < 1.29 is 4.79 Å². The second-order valence-electron chi connectivity index (χ2n) is 4.03. The zero-order chi connectivity index (χ0) is 10.7. The predicted octanol–water partition coefficient (Wildman–Crippen LogP) is 3.39. The lowest BCUT2D eigenvalue weighted by atomic mass is 9.92. The highest BCUT2D eigenvalue weighted by Crippen LogP contribution is 2.25. The third-order valence-electron chi connectivity index (χ3n) is 2.96. The normalized spacial score (nSPS) is 16.3. The van der Waals surface area contributed by atoms with Gasteiger partial charge in [0, 0.05) is 12.8 Å². The molecule has 0 heterocycles. The van der Waals surface area contributed by atoms with Gasteiger partial charge in [0.25, 0.3) is 0 Å². The van der Waals surface area contributed by atoms with E-state index in [1.807, 2.05) is 0 Å². The van der Waals surface area contributed by atoms with E-state index < -0.39 is 0 Å². The monoisotopic (exact) mass is 200 g/mol. The van der Waals surface area contributed by atoms with Crippen molar-refractivity contribution in [3.8, 4) is 0 Å². The van der Waals surface area contributed by atoms with Crippen LogP contribution < -0.4 is 0 Å². The van der Waals surface area contributed by atoms with E-state index in [1.165, 1.54) is 16.7 Å². The Balaban J connectivity index is 2.25. The highest BCUT2D eigenvalue weighted by Gasteiger charge is 2.11. The van der Waals surface area contributed by atoms with Crippen molar-refractivity contribution in [3.05, 3.63) is 41.5 Å². The molecule has 0 N–H and O–H groups in total. The summed E-state index contributed by atoms with van der Waals surface area (Å²) in [5.74, 6) is 0.366. The van der Waals surface area contributed by atoms with Crippen LogP contribution >= 0.6 is 0 Å². The number of hydrogen-bond donors (Lipinski definition) is 0. The molecule has 2 rings (SSSR count). The number of carbonyl (C=O) groups excluding carboxylic acids is 1. The van der Waals surface area contributed by atoms with Crippen molar-refractivity contribution in [3.63, 3.8) is 0 Å². The fourth-order valence-electron chi connectivity index (χ4n) is 1.97. The Morgan fingerprint density at radius 3 is 2.80 bits per heavy atom. The van der Waals surface area contributed by atoms with Crippen LogP contribution in [-0.4, -0.2) is 5.78 Å². The zero-order valence-electron chi connectivity index (χ0n) is 9.12. The van der Waals surface area contributed by atoms with Crippen molar-refractivity contribution in [2.24, 2.45) is 0 Å². The van der Waals surface area contributed by atoms with Gasteiger partial charge >= 0.3 is 0 Å². The van der Waals surface area contributed by atoms with E-state index in [2.05, 4.69) is 37.3 Å². The smallest absolute Gasteiger partial charge is 0.137 e. The van der Waals surface area contributed by atoms with Crippen molar-refractivity contribution >= 4 is 11.4 Å². The van der Waals surface area contributed by atoms with Crippen molar-refractivity contribution in [1.29, 1.82) is 0 Å². The number of hydrogen-bond acceptors (Lipinski definition) is 1. The molecule has 0 aliphatic heterocycles. The van der Waals surface area contributed by atoms with Crippen LogP contribution in [-0.2, 0) is 11.2 Å². The third-order valence-corrected chi connectivity index (χ3v) is 2.96. The summed E-state index contributed by atoms with van der Waals surface area (Å²) in [5.41, 5.74) is 4.00. The molecule has 0 bridgehead atoms. The maximum atomic E-state index is 11.1. The van der Waals surface area contributed by atoms with Crippen LogP contribution in [0.1, 0.15) is 37.3 Å². The van der Waals surface area contributed by atoms with Gasteiger partial charge in [-0.2, -0.15) is 0 Å². The molecule has 0 saturated carbocycles. The Hall–Kier alpha value is -1.37. The SMILES string of the molecule is CCc1cccc(C2=CCC(=O)CC2)c1. The number of carbonyl (C=O) groups is 1. The van der Waals surface area contributed by atoms with Crippen molar-refractivity contribution in [2.75, 3.05) is 0 Å². The number of allylic oxidation sites excluding steroid dienone is 2. The first-order chi connectivity index (χ1) is 7.29. The standard InChI is InChI=1S/C14H16O/c1-2-11-4-3-5-13(10-11)12-6-8-14(15)9-7-12/h3-6,10H,2,7-9H2,1H3. The summed E-state index contributed by atoms with van der Waals surface area (Å²) >= 11 is 0. The molecule has 15 heavy (non-hydrogen) atoms. The fourth-order valence-corrected chi connectivity index (χ4v) is 1.97. The molecule has 0 saturated heterocycles. The van der Waals surface area contributed by atoms with Gasteiger partial charge in [0.05, 0.1) is 0 Å². The topological polar surface area (TPSA) is 17.1 Å². The molecule has 0 spiro atoms.